The summed E-state index contributed by atoms with van der Waals surface area (Å²) in [6.07, 6.45) is 5.93. The molecule has 0 atom stereocenters. The van der Waals surface area contributed by atoms with Crippen molar-refractivity contribution in [2.45, 2.75) is 33.7 Å². The summed E-state index contributed by atoms with van der Waals surface area (Å²) in [5.41, 5.74) is 5.05. The lowest BCUT2D eigenvalue weighted by molar-refractivity contribution is 0.112. The highest BCUT2D eigenvalue weighted by Gasteiger charge is 2.07. The first-order valence-electron chi connectivity index (χ1n) is 6.25. The zero-order valence-electron chi connectivity index (χ0n) is 11.1. The predicted octanol–water partition coefficient (Wildman–Crippen LogP) is 3.39. The van der Waals surface area contributed by atoms with Crippen LogP contribution in [0.3, 0.4) is 0 Å². The van der Waals surface area contributed by atoms with E-state index in [-0.39, 0.29) is 0 Å². The minimum atomic E-state index is 0.791. The number of aryl methyl sites for hydroxylation is 3. The van der Waals surface area contributed by atoms with Crippen molar-refractivity contribution in [2.75, 3.05) is 0 Å². The number of aromatic nitrogens is 2. The molecule has 0 unspecified atom stereocenters. The van der Waals surface area contributed by atoms with Crippen LogP contribution < -0.4 is 0 Å². The number of benzene rings is 1. The van der Waals surface area contributed by atoms with E-state index in [9.17, 15) is 4.79 Å². The Bertz CT molecular complexity index is 547. The summed E-state index contributed by atoms with van der Waals surface area (Å²) in [5.74, 6) is 0. The van der Waals surface area contributed by atoms with Crippen molar-refractivity contribution in [3.8, 4) is 11.1 Å². The Balaban J connectivity index is 2.41. The van der Waals surface area contributed by atoms with Crippen LogP contribution in [0, 0.1) is 13.8 Å². The van der Waals surface area contributed by atoms with E-state index in [0.29, 0.717) is 0 Å². The van der Waals surface area contributed by atoms with Crippen LogP contribution in [-0.2, 0) is 6.54 Å². The third-order valence-electron chi connectivity index (χ3n) is 3.13. The molecule has 2 aromatic rings. The topological polar surface area (TPSA) is 34.9 Å². The Hall–Kier alpha value is -1.90. The fourth-order valence-electron chi connectivity index (χ4n) is 2.19. The maximum absolute atomic E-state index is 11.0. The van der Waals surface area contributed by atoms with Gasteiger partial charge in [0.2, 0.25) is 0 Å². The average molecular weight is 242 g/mol. The van der Waals surface area contributed by atoms with E-state index in [2.05, 4.69) is 18.2 Å². The lowest BCUT2D eigenvalue weighted by Crippen LogP contribution is -1.95. The van der Waals surface area contributed by atoms with Gasteiger partial charge in [0.1, 0.15) is 0 Å². The lowest BCUT2D eigenvalue weighted by Gasteiger charge is -2.06. The molecule has 0 aliphatic rings. The minimum absolute atomic E-state index is 0.791. The summed E-state index contributed by atoms with van der Waals surface area (Å²) < 4.78 is 1.95. The number of hydrogen-bond acceptors (Lipinski definition) is 2. The Morgan fingerprint density at radius 3 is 2.44 bits per heavy atom. The SMILES string of the molecule is CCCn1cc(-c2cc(C)c(C=O)c(C)c2)cn1. The second-order valence-electron chi connectivity index (χ2n) is 4.63. The van der Waals surface area contributed by atoms with Crippen molar-refractivity contribution < 1.29 is 4.79 Å². The molecular weight excluding hydrogens is 224 g/mol. The largest absolute Gasteiger partial charge is 0.298 e. The second-order valence-corrected chi connectivity index (χ2v) is 4.63. The van der Waals surface area contributed by atoms with Crippen LogP contribution in [0.1, 0.15) is 34.8 Å². The molecule has 0 radical (unpaired) electrons. The predicted molar refractivity (Wildman–Crippen MR) is 72.8 cm³/mol. The van der Waals surface area contributed by atoms with Gasteiger partial charge < -0.3 is 0 Å². The van der Waals surface area contributed by atoms with Crippen molar-refractivity contribution in [3.05, 3.63) is 41.2 Å². The molecule has 1 heterocycles. The van der Waals surface area contributed by atoms with Gasteiger partial charge in [0.25, 0.3) is 0 Å². The highest BCUT2D eigenvalue weighted by molar-refractivity contribution is 5.82. The van der Waals surface area contributed by atoms with E-state index < -0.39 is 0 Å². The Morgan fingerprint density at radius 1 is 1.22 bits per heavy atom. The van der Waals surface area contributed by atoms with Crippen molar-refractivity contribution in [1.29, 1.82) is 0 Å². The maximum Gasteiger partial charge on any atom is 0.150 e. The van der Waals surface area contributed by atoms with Crippen LogP contribution in [0.15, 0.2) is 24.5 Å². The maximum atomic E-state index is 11.0. The standard InChI is InChI=1S/C15H18N2O/c1-4-5-17-9-14(8-16-17)13-6-11(2)15(10-18)12(3)7-13/h6-10H,4-5H2,1-3H3. The fourth-order valence-corrected chi connectivity index (χ4v) is 2.19. The normalized spacial score (nSPS) is 10.6. The molecule has 0 spiro atoms. The number of nitrogens with zero attached hydrogens (tertiary/aromatic N) is 2. The van der Waals surface area contributed by atoms with Gasteiger partial charge in [-0.15, -0.1) is 0 Å². The summed E-state index contributed by atoms with van der Waals surface area (Å²) in [5, 5.41) is 4.33. The smallest absolute Gasteiger partial charge is 0.150 e. The van der Waals surface area contributed by atoms with Crippen LogP contribution in [0.5, 0.6) is 0 Å². The number of rotatable bonds is 4. The number of carbonyl (C=O) groups excluding carboxylic acids is 1. The van der Waals surface area contributed by atoms with Crippen molar-refractivity contribution in [1.82, 2.24) is 9.78 Å². The van der Waals surface area contributed by atoms with Gasteiger partial charge in [-0.1, -0.05) is 19.1 Å². The molecule has 94 valence electrons. The zero-order chi connectivity index (χ0) is 13.1. The Labute approximate surface area is 107 Å². The molecule has 0 fully saturated rings. The Kier molecular flexibility index (Phi) is 3.60. The first-order valence-corrected chi connectivity index (χ1v) is 6.25. The van der Waals surface area contributed by atoms with E-state index in [1.807, 2.05) is 36.9 Å². The fraction of sp³-hybridized carbons (Fsp3) is 0.333. The first-order chi connectivity index (χ1) is 8.65. The molecule has 2 rings (SSSR count). The number of aldehydes is 1. The van der Waals surface area contributed by atoms with E-state index >= 15 is 0 Å². The molecule has 18 heavy (non-hydrogen) atoms. The van der Waals surface area contributed by atoms with E-state index in [0.717, 1.165) is 47.1 Å². The van der Waals surface area contributed by atoms with Crippen LogP contribution >= 0.6 is 0 Å². The van der Waals surface area contributed by atoms with E-state index in [4.69, 9.17) is 0 Å². The Morgan fingerprint density at radius 2 is 1.89 bits per heavy atom. The average Bonchev–Trinajstić information content (AvgIpc) is 2.78. The highest BCUT2D eigenvalue weighted by Crippen LogP contribution is 2.24. The van der Waals surface area contributed by atoms with Crippen LogP contribution in [0.25, 0.3) is 11.1 Å². The minimum Gasteiger partial charge on any atom is -0.298 e. The molecule has 0 aliphatic carbocycles. The third-order valence-corrected chi connectivity index (χ3v) is 3.13. The van der Waals surface area contributed by atoms with Crippen LogP contribution in [0.2, 0.25) is 0 Å². The molecule has 0 amide bonds. The quantitative estimate of drug-likeness (QED) is 0.770. The van der Waals surface area contributed by atoms with Crippen molar-refractivity contribution in [3.63, 3.8) is 0 Å². The van der Waals surface area contributed by atoms with Gasteiger partial charge in [0.15, 0.2) is 6.29 Å². The summed E-state index contributed by atoms with van der Waals surface area (Å²) in [6.45, 7) is 7.01. The van der Waals surface area contributed by atoms with Gasteiger partial charge in [-0.05, 0) is 37.0 Å². The first kappa shape index (κ1) is 12.6. The van der Waals surface area contributed by atoms with Crippen molar-refractivity contribution in [2.24, 2.45) is 0 Å². The molecular formula is C15H18N2O. The van der Waals surface area contributed by atoms with Gasteiger partial charge >= 0.3 is 0 Å². The summed E-state index contributed by atoms with van der Waals surface area (Å²) in [4.78, 5) is 11.0. The molecule has 0 saturated heterocycles. The highest BCUT2D eigenvalue weighted by atomic mass is 16.1. The van der Waals surface area contributed by atoms with E-state index in [1.54, 1.807) is 0 Å². The molecule has 0 bridgehead atoms. The number of carbonyl (C=O) groups is 1. The molecule has 0 N–H and O–H groups in total. The van der Waals surface area contributed by atoms with Gasteiger partial charge in [-0.25, -0.2) is 0 Å². The summed E-state index contributed by atoms with van der Waals surface area (Å²) >= 11 is 0. The molecule has 0 aliphatic heterocycles. The van der Waals surface area contributed by atoms with Gasteiger partial charge in [0.05, 0.1) is 6.20 Å². The van der Waals surface area contributed by atoms with Crippen LogP contribution in [0.4, 0.5) is 0 Å². The van der Waals surface area contributed by atoms with Crippen LogP contribution in [-0.4, -0.2) is 16.1 Å². The molecule has 3 heteroatoms. The molecule has 0 saturated carbocycles. The number of hydrogen-bond donors (Lipinski definition) is 0. The van der Waals surface area contributed by atoms with Gasteiger partial charge in [-0.2, -0.15) is 5.10 Å². The second kappa shape index (κ2) is 5.17. The van der Waals surface area contributed by atoms with E-state index in [1.165, 1.54) is 0 Å². The monoisotopic (exact) mass is 242 g/mol. The van der Waals surface area contributed by atoms with Gasteiger partial charge in [0, 0.05) is 23.9 Å². The lowest BCUT2D eigenvalue weighted by atomic mass is 9.98. The summed E-state index contributed by atoms with van der Waals surface area (Å²) in [6, 6.07) is 4.09. The molecule has 1 aromatic carbocycles. The summed E-state index contributed by atoms with van der Waals surface area (Å²) in [7, 11) is 0. The van der Waals surface area contributed by atoms with Crippen molar-refractivity contribution >= 4 is 6.29 Å². The zero-order valence-corrected chi connectivity index (χ0v) is 11.1. The van der Waals surface area contributed by atoms with Gasteiger partial charge in [-0.3, -0.25) is 9.48 Å². The third kappa shape index (κ3) is 2.35. The molecule has 3 nitrogen and oxygen atoms in total. The molecule has 1 aromatic heterocycles.